The lowest BCUT2D eigenvalue weighted by Crippen LogP contribution is -2.62. The van der Waals surface area contributed by atoms with E-state index in [1.54, 1.807) is 5.19 Å². The normalized spacial score (nSPS) is 12.9. The highest BCUT2D eigenvalue weighted by atomic mass is 29.3. The van der Waals surface area contributed by atoms with Crippen molar-refractivity contribution in [2.24, 2.45) is 0 Å². The van der Waals surface area contributed by atoms with Gasteiger partial charge in [0.05, 0.1) is 15.2 Å². The summed E-state index contributed by atoms with van der Waals surface area (Å²) in [6.45, 7) is 13.8. The molecule has 0 fully saturated rings. The zero-order valence-electron chi connectivity index (χ0n) is 11.5. The molecule has 1 aromatic rings. The maximum Gasteiger partial charge on any atom is 0.0783 e. The van der Waals surface area contributed by atoms with Gasteiger partial charge in [0.15, 0.2) is 0 Å². The van der Waals surface area contributed by atoms with E-state index in [1.807, 2.05) is 6.08 Å². The van der Waals surface area contributed by atoms with E-state index < -0.39 is 15.2 Å². The standard InChI is InChI=1S/C15H24Si2/c1-6-7-11-14-16(2,3)17(4,5)15-12-9-8-10-13-15/h6,8-14H,1,7H2,2-5H3. The summed E-state index contributed by atoms with van der Waals surface area (Å²) >= 11 is 0. The van der Waals surface area contributed by atoms with Crippen molar-refractivity contribution < 1.29 is 0 Å². The maximum atomic E-state index is 3.78. The summed E-state index contributed by atoms with van der Waals surface area (Å²) < 4.78 is 0. The van der Waals surface area contributed by atoms with Crippen LogP contribution in [0.15, 0.2) is 54.8 Å². The molecule has 0 bridgehead atoms. The molecule has 0 heterocycles. The van der Waals surface area contributed by atoms with Crippen LogP contribution in [0.5, 0.6) is 0 Å². The van der Waals surface area contributed by atoms with Crippen LogP contribution in [-0.2, 0) is 0 Å². The fourth-order valence-corrected chi connectivity index (χ4v) is 9.14. The smallest absolute Gasteiger partial charge is 0.0783 e. The van der Waals surface area contributed by atoms with Crippen molar-refractivity contribution in [2.75, 3.05) is 0 Å². The molecule has 0 aromatic heterocycles. The van der Waals surface area contributed by atoms with Gasteiger partial charge in [-0.2, -0.15) is 0 Å². The molecule has 0 N–H and O–H groups in total. The Labute approximate surface area is 108 Å². The second-order valence-electron chi connectivity index (χ2n) is 5.64. The molecule has 0 nitrogen and oxygen atoms in total. The zero-order valence-corrected chi connectivity index (χ0v) is 13.5. The number of allylic oxidation sites excluding steroid dienone is 2. The Morgan fingerprint density at radius 1 is 1.06 bits per heavy atom. The lowest BCUT2D eigenvalue weighted by molar-refractivity contribution is 1.41. The molecule has 0 atom stereocenters. The van der Waals surface area contributed by atoms with Gasteiger partial charge >= 0.3 is 0 Å². The summed E-state index contributed by atoms with van der Waals surface area (Å²) in [7, 11) is -2.64. The van der Waals surface area contributed by atoms with E-state index in [4.69, 9.17) is 0 Å². The highest BCUT2D eigenvalue weighted by molar-refractivity contribution is 7.47. The highest BCUT2D eigenvalue weighted by Gasteiger charge is 2.39. The largest absolute Gasteiger partial charge is 0.103 e. The monoisotopic (exact) mass is 260 g/mol. The highest BCUT2D eigenvalue weighted by Crippen LogP contribution is 2.20. The SMILES string of the molecule is C=CCC=C[Si](C)(C)[Si](C)(C)c1ccccc1. The van der Waals surface area contributed by atoms with Gasteiger partial charge in [0.1, 0.15) is 0 Å². The van der Waals surface area contributed by atoms with Gasteiger partial charge in [-0.3, -0.25) is 0 Å². The van der Waals surface area contributed by atoms with Crippen LogP contribution in [0.2, 0.25) is 26.2 Å². The van der Waals surface area contributed by atoms with E-state index in [0.29, 0.717) is 0 Å². The molecule has 92 valence electrons. The van der Waals surface area contributed by atoms with Crippen molar-refractivity contribution >= 4 is 20.4 Å². The van der Waals surface area contributed by atoms with Crippen molar-refractivity contribution in [3.05, 3.63) is 54.8 Å². The lowest BCUT2D eigenvalue weighted by Gasteiger charge is -2.36. The van der Waals surface area contributed by atoms with E-state index in [2.05, 4.69) is 74.9 Å². The molecule has 0 spiro atoms. The average molecular weight is 261 g/mol. The summed E-state index contributed by atoms with van der Waals surface area (Å²) in [6.07, 6.45) is 5.27. The Balaban J connectivity index is 3.00. The van der Waals surface area contributed by atoms with Crippen LogP contribution in [0.4, 0.5) is 0 Å². The predicted molar refractivity (Wildman–Crippen MR) is 85.0 cm³/mol. The van der Waals surface area contributed by atoms with Gasteiger partial charge in [0.25, 0.3) is 0 Å². The van der Waals surface area contributed by atoms with Crippen molar-refractivity contribution in [3.63, 3.8) is 0 Å². The van der Waals surface area contributed by atoms with Crippen LogP contribution in [-0.4, -0.2) is 15.2 Å². The number of hydrogen-bond donors (Lipinski definition) is 0. The molecule has 0 saturated heterocycles. The Hall–Kier alpha value is -0.866. The first kappa shape index (κ1) is 14.2. The fraction of sp³-hybridized carbons (Fsp3) is 0.333. The van der Waals surface area contributed by atoms with Crippen LogP contribution >= 0.6 is 0 Å². The molecule has 1 aromatic carbocycles. The summed E-state index contributed by atoms with van der Waals surface area (Å²) in [5.74, 6) is 0. The van der Waals surface area contributed by atoms with Gasteiger partial charge in [0, 0.05) is 0 Å². The molecular formula is C15H24Si2. The first-order valence-electron chi connectivity index (χ1n) is 6.26. The van der Waals surface area contributed by atoms with Crippen molar-refractivity contribution in [3.8, 4) is 0 Å². The third kappa shape index (κ3) is 3.30. The molecule has 0 aliphatic heterocycles. The third-order valence-corrected chi connectivity index (χ3v) is 21.0. The molecule has 1 rings (SSSR count). The molecule has 17 heavy (non-hydrogen) atoms. The van der Waals surface area contributed by atoms with Crippen LogP contribution in [0, 0.1) is 0 Å². The molecular weight excluding hydrogens is 236 g/mol. The second kappa shape index (κ2) is 5.65. The Kier molecular flexibility index (Phi) is 4.72. The van der Waals surface area contributed by atoms with Crippen LogP contribution in [0.1, 0.15) is 6.42 Å². The Morgan fingerprint density at radius 2 is 1.65 bits per heavy atom. The van der Waals surface area contributed by atoms with Gasteiger partial charge in [-0.25, -0.2) is 0 Å². The molecule has 0 amide bonds. The summed E-state index contributed by atoms with van der Waals surface area (Å²) in [4.78, 5) is 0. The molecule has 0 unspecified atom stereocenters. The van der Waals surface area contributed by atoms with E-state index >= 15 is 0 Å². The molecule has 0 radical (unpaired) electrons. The minimum absolute atomic E-state index is 0.996. The fourth-order valence-electron chi connectivity index (χ4n) is 1.89. The van der Waals surface area contributed by atoms with Gasteiger partial charge in [-0.1, -0.05) is 73.9 Å². The average Bonchev–Trinajstić information content (AvgIpc) is 2.30. The van der Waals surface area contributed by atoms with E-state index in [0.717, 1.165) is 6.42 Å². The lowest BCUT2D eigenvalue weighted by atomic mass is 10.4. The van der Waals surface area contributed by atoms with Crippen molar-refractivity contribution in [1.82, 2.24) is 0 Å². The maximum absolute atomic E-state index is 3.78. The number of hydrogen-bond acceptors (Lipinski definition) is 0. The molecule has 0 saturated carbocycles. The first-order valence-corrected chi connectivity index (χ1v) is 13.3. The van der Waals surface area contributed by atoms with Gasteiger partial charge in [-0.05, 0) is 6.42 Å². The quantitative estimate of drug-likeness (QED) is 0.553. The van der Waals surface area contributed by atoms with Crippen LogP contribution in [0.3, 0.4) is 0 Å². The van der Waals surface area contributed by atoms with Crippen molar-refractivity contribution in [2.45, 2.75) is 32.6 Å². The molecule has 0 aliphatic rings. The Morgan fingerprint density at radius 3 is 2.18 bits per heavy atom. The minimum atomic E-state index is -1.34. The van der Waals surface area contributed by atoms with E-state index in [-0.39, 0.29) is 0 Å². The number of rotatable bonds is 5. The minimum Gasteiger partial charge on any atom is -0.103 e. The first-order chi connectivity index (χ1) is 7.92. The molecule has 2 heteroatoms. The number of benzene rings is 1. The van der Waals surface area contributed by atoms with Gasteiger partial charge < -0.3 is 0 Å². The van der Waals surface area contributed by atoms with Gasteiger partial charge in [-0.15, -0.1) is 12.3 Å². The Bertz CT molecular complexity index is 389. The second-order valence-corrected chi connectivity index (χ2v) is 20.9. The summed E-state index contributed by atoms with van der Waals surface area (Å²) in [5.41, 5.74) is 2.51. The predicted octanol–water partition coefficient (Wildman–Crippen LogP) is 4.06. The summed E-state index contributed by atoms with van der Waals surface area (Å²) in [6, 6.07) is 11.1. The van der Waals surface area contributed by atoms with E-state index in [9.17, 15) is 0 Å². The topological polar surface area (TPSA) is 0 Å². The third-order valence-electron chi connectivity index (χ3n) is 3.94. The van der Waals surface area contributed by atoms with Crippen LogP contribution < -0.4 is 5.19 Å². The molecule has 0 aliphatic carbocycles. The van der Waals surface area contributed by atoms with Gasteiger partial charge in [0.2, 0.25) is 0 Å². The van der Waals surface area contributed by atoms with E-state index in [1.165, 1.54) is 0 Å². The summed E-state index contributed by atoms with van der Waals surface area (Å²) in [5, 5.41) is 1.58. The van der Waals surface area contributed by atoms with Crippen molar-refractivity contribution in [1.29, 1.82) is 0 Å². The zero-order chi connectivity index (χ0) is 12.9. The van der Waals surface area contributed by atoms with Crippen LogP contribution in [0.25, 0.3) is 0 Å².